The lowest BCUT2D eigenvalue weighted by atomic mass is 9.86. The van der Waals surface area contributed by atoms with E-state index in [0.717, 1.165) is 5.56 Å². The van der Waals surface area contributed by atoms with E-state index >= 15 is 0 Å². The molecule has 2 rings (SSSR count). The predicted molar refractivity (Wildman–Crippen MR) is 65.7 cm³/mol. The number of ether oxygens (including phenoxy) is 2. The van der Waals surface area contributed by atoms with Gasteiger partial charge < -0.3 is 14.6 Å². The molecule has 1 aliphatic rings. The van der Waals surface area contributed by atoms with Gasteiger partial charge >= 0.3 is 5.97 Å². The first-order chi connectivity index (χ1) is 7.88. The molecule has 0 amide bonds. The van der Waals surface area contributed by atoms with E-state index in [0.29, 0.717) is 16.8 Å². The molecule has 92 valence electrons. The zero-order valence-corrected chi connectivity index (χ0v) is 11.4. The maximum atomic E-state index is 11.5. The molecule has 1 N–H and O–H groups in total. The van der Waals surface area contributed by atoms with Gasteiger partial charge in [-0.1, -0.05) is 13.8 Å². The first-order valence-electron chi connectivity index (χ1n) is 5.15. The molecule has 0 aliphatic carbocycles. The van der Waals surface area contributed by atoms with Gasteiger partial charge in [0.05, 0.1) is 23.8 Å². The van der Waals surface area contributed by atoms with E-state index in [1.807, 2.05) is 13.8 Å². The van der Waals surface area contributed by atoms with Gasteiger partial charge in [0.1, 0.15) is 11.5 Å². The van der Waals surface area contributed by atoms with Crippen molar-refractivity contribution in [2.75, 3.05) is 13.7 Å². The third-order valence-electron chi connectivity index (χ3n) is 2.86. The average molecular weight is 301 g/mol. The van der Waals surface area contributed by atoms with Crippen molar-refractivity contribution >= 4 is 21.9 Å². The highest BCUT2D eigenvalue weighted by Crippen LogP contribution is 2.49. The molecule has 0 saturated carbocycles. The Kier molecular flexibility index (Phi) is 2.81. The summed E-state index contributed by atoms with van der Waals surface area (Å²) in [5, 5.41) is 10.0. The lowest BCUT2D eigenvalue weighted by Crippen LogP contribution is -2.18. The Labute approximate surface area is 108 Å². The van der Waals surface area contributed by atoms with Crippen LogP contribution in [0.5, 0.6) is 11.5 Å². The minimum atomic E-state index is -0.511. The Morgan fingerprint density at radius 1 is 1.59 bits per heavy atom. The second kappa shape index (κ2) is 3.91. The van der Waals surface area contributed by atoms with Crippen molar-refractivity contribution in [1.29, 1.82) is 0 Å². The second-order valence-electron chi connectivity index (χ2n) is 4.63. The molecule has 0 radical (unpaired) electrons. The van der Waals surface area contributed by atoms with Crippen molar-refractivity contribution in [1.82, 2.24) is 0 Å². The highest BCUT2D eigenvalue weighted by atomic mass is 79.9. The molecule has 1 aromatic carbocycles. The molecule has 0 unspecified atom stereocenters. The van der Waals surface area contributed by atoms with Crippen LogP contribution in [-0.2, 0) is 10.2 Å². The molecule has 0 bridgehead atoms. The number of carbonyl (C=O) groups is 1. The minimum absolute atomic E-state index is 0.0612. The van der Waals surface area contributed by atoms with Crippen molar-refractivity contribution in [2.45, 2.75) is 19.3 Å². The standard InChI is InChI=1S/C12H13BrO4/c1-12(2)5-17-10-8(12)7(14)4-6(9(10)13)11(15)16-3/h4,14H,5H2,1-3H3. The number of carbonyl (C=O) groups excluding carboxylic acids is 1. The number of esters is 1. The molecule has 0 spiro atoms. The van der Waals surface area contributed by atoms with Crippen molar-refractivity contribution in [3.63, 3.8) is 0 Å². The SMILES string of the molecule is COC(=O)c1cc(O)c2c(c1Br)OCC2(C)C. The van der Waals surface area contributed by atoms with E-state index in [9.17, 15) is 9.90 Å². The lowest BCUT2D eigenvalue weighted by molar-refractivity contribution is 0.0598. The van der Waals surface area contributed by atoms with Crippen LogP contribution in [0.15, 0.2) is 10.5 Å². The Hall–Kier alpha value is -1.23. The summed E-state index contributed by atoms with van der Waals surface area (Å²) in [4.78, 5) is 11.5. The number of fused-ring (bicyclic) bond motifs is 1. The molecule has 1 heterocycles. The number of phenols is 1. The Bertz CT molecular complexity index is 494. The Morgan fingerprint density at radius 3 is 2.82 bits per heavy atom. The number of rotatable bonds is 1. The van der Waals surface area contributed by atoms with Crippen molar-refractivity contribution in [3.05, 3.63) is 21.7 Å². The van der Waals surface area contributed by atoms with Gasteiger partial charge in [0.2, 0.25) is 0 Å². The summed E-state index contributed by atoms with van der Waals surface area (Å²) in [7, 11) is 1.30. The van der Waals surface area contributed by atoms with Crippen LogP contribution in [0.4, 0.5) is 0 Å². The minimum Gasteiger partial charge on any atom is -0.507 e. The number of methoxy groups -OCH3 is 1. The maximum Gasteiger partial charge on any atom is 0.339 e. The van der Waals surface area contributed by atoms with Crippen LogP contribution >= 0.6 is 15.9 Å². The van der Waals surface area contributed by atoms with E-state index < -0.39 is 5.97 Å². The van der Waals surface area contributed by atoms with Crippen LogP contribution in [0.25, 0.3) is 0 Å². The van der Waals surface area contributed by atoms with Gasteiger partial charge in [0.15, 0.2) is 0 Å². The topological polar surface area (TPSA) is 55.8 Å². The van der Waals surface area contributed by atoms with Crippen LogP contribution in [-0.4, -0.2) is 24.8 Å². The molecular formula is C12H13BrO4. The summed E-state index contributed by atoms with van der Waals surface area (Å²) in [6.07, 6.45) is 0. The zero-order chi connectivity index (χ0) is 12.8. The van der Waals surface area contributed by atoms with Crippen LogP contribution in [0.1, 0.15) is 29.8 Å². The van der Waals surface area contributed by atoms with Crippen LogP contribution in [0, 0.1) is 0 Å². The highest BCUT2D eigenvalue weighted by molar-refractivity contribution is 9.10. The number of hydrogen-bond acceptors (Lipinski definition) is 4. The Morgan fingerprint density at radius 2 is 2.24 bits per heavy atom. The summed E-state index contributed by atoms with van der Waals surface area (Å²) in [5.74, 6) is 0.0739. The average Bonchev–Trinajstić information content (AvgIpc) is 2.59. The van der Waals surface area contributed by atoms with E-state index in [1.165, 1.54) is 13.2 Å². The summed E-state index contributed by atoms with van der Waals surface area (Å²) in [6.45, 7) is 4.42. The molecule has 17 heavy (non-hydrogen) atoms. The van der Waals surface area contributed by atoms with Gasteiger partial charge in [-0.25, -0.2) is 4.79 Å². The first-order valence-corrected chi connectivity index (χ1v) is 5.95. The summed E-state index contributed by atoms with van der Waals surface area (Å²) in [6, 6.07) is 1.41. The first kappa shape index (κ1) is 12.2. The molecule has 0 atom stereocenters. The zero-order valence-electron chi connectivity index (χ0n) is 9.83. The summed E-state index contributed by atoms with van der Waals surface area (Å²) >= 11 is 3.32. The molecule has 0 saturated heterocycles. The number of benzene rings is 1. The van der Waals surface area contributed by atoms with Crippen molar-refractivity contribution in [2.24, 2.45) is 0 Å². The van der Waals surface area contributed by atoms with Gasteiger partial charge in [-0.2, -0.15) is 0 Å². The van der Waals surface area contributed by atoms with E-state index in [-0.39, 0.29) is 16.7 Å². The molecule has 5 heteroatoms. The number of halogens is 1. The second-order valence-corrected chi connectivity index (χ2v) is 5.42. The maximum absolute atomic E-state index is 11.5. The van der Waals surface area contributed by atoms with Crippen LogP contribution < -0.4 is 4.74 Å². The summed E-state index contributed by atoms with van der Waals surface area (Å²) < 4.78 is 10.7. The van der Waals surface area contributed by atoms with Gasteiger partial charge in [-0.05, 0) is 22.0 Å². The molecule has 0 fully saturated rings. The molecule has 0 aromatic heterocycles. The molecule has 4 nitrogen and oxygen atoms in total. The molecule has 1 aromatic rings. The lowest BCUT2D eigenvalue weighted by Gasteiger charge is -2.17. The van der Waals surface area contributed by atoms with Crippen molar-refractivity contribution < 1.29 is 19.4 Å². The third kappa shape index (κ3) is 1.78. The fourth-order valence-electron chi connectivity index (χ4n) is 1.99. The van der Waals surface area contributed by atoms with Gasteiger partial charge in [-0.15, -0.1) is 0 Å². The van der Waals surface area contributed by atoms with E-state index in [4.69, 9.17) is 4.74 Å². The van der Waals surface area contributed by atoms with Gasteiger partial charge in [0.25, 0.3) is 0 Å². The fraction of sp³-hybridized carbons (Fsp3) is 0.417. The normalized spacial score (nSPS) is 16.2. The third-order valence-corrected chi connectivity index (χ3v) is 3.65. The molecular weight excluding hydrogens is 288 g/mol. The van der Waals surface area contributed by atoms with Crippen molar-refractivity contribution in [3.8, 4) is 11.5 Å². The number of hydrogen-bond donors (Lipinski definition) is 1. The largest absolute Gasteiger partial charge is 0.507 e. The van der Waals surface area contributed by atoms with Crippen LogP contribution in [0.3, 0.4) is 0 Å². The van der Waals surface area contributed by atoms with E-state index in [1.54, 1.807) is 0 Å². The van der Waals surface area contributed by atoms with Crippen LogP contribution in [0.2, 0.25) is 0 Å². The number of aromatic hydroxyl groups is 1. The van der Waals surface area contributed by atoms with Gasteiger partial charge in [-0.3, -0.25) is 0 Å². The highest BCUT2D eigenvalue weighted by Gasteiger charge is 2.38. The predicted octanol–water partition coefficient (Wildman–Crippen LogP) is 2.61. The number of phenolic OH excluding ortho intramolecular Hbond substituents is 1. The summed E-state index contributed by atoms with van der Waals surface area (Å²) in [5.41, 5.74) is 0.717. The smallest absolute Gasteiger partial charge is 0.339 e. The van der Waals surface area contributed by atoms with E-state index in [2.05, 4.69) is 20.7 Å². The fourth-order valence-corrected chi connectivity index (χ4v) is 2.58. The Balaban J connectivity index is 2.66. The van der Waals surface area contributed by atoms with Gasteiger partial charge in [0, 0.05) is 11.0 Å². The molecule has 1 aliphatic heterocycles. The monoisotopic (exact) mass is 300 g/mol. The quantitative estimate of drug-likeness (QED) is 0.810.